The summed E-state index contributed by atoms with van der Waals surface area (Å²) < 4.78 is 0. The fourth-order valence-corrected chi connectivity index (χ4v) is 3.38. The summed E-state index contributed by atoms with van der Waals surface area (Å²) in [6.07, 6.45) is 6.45. The highest BCUT2D eigenvalue weighted by molar-refractivity contribution is 5.94. The number of carbonyl (C=O) groups is 1. The molecule has 1 amide bonds. The van der Waals surface area contributed by atoms with E-state index in [4.69, 9.17) is 0 Å². The molecule has 4 rings (SSSR count). The molecule has 130 valence electrons. The van der Waals surface area contributed by atoms with E-state index >= 15 is 0 Å². The number of carbonyl (C=O) groups excluding carboxylic acids is 1. The van der Waals surface area contributed by atoms with Crippen molar-refractivity contribution in [2.24, 2.45) is 0 Å². The first kappa shape index (κ1) is 16.2. The van der Waals surface area contributed by atoms with Crippen LogP contribution in [0.3, 0.4) is 0 Å². The zero-order valence-electron chi connectivity index (χ0n) is 14.1. The van der Waals surface area contributed by atoms with Crippen LogP contribution in [0.4, 0.5) is 0 Å². The van der Waals surface area contributed by atoms with Crippen LogP contribution in [0.1, 0.15) is 34.8 Å². The third-order valence-electron chi connectivity index (χ3n) is 4.66. The second-order valence-electron chi connectivity index (χ2n) is 6.28. The van der Waals surface area contributed by atoms with E-state index in [0.717, 1.165) is 18.4 Å². The molecule has 2 aromatic heterocycles. The van der Waals surface area contributed by atoms with Crippen molar-refractivity contribution in [2.75, 3.05) is 6.54 Å². The standard InChI is InChI=1S/C20H18N4O2/c25-19-16(13-22-18(23-19)15-8-4-10-21-12-15)20(26)24-11-5-9-17(24)14-6-2-1-3-7-14/h1-4,6-8,10,12-13,17H,5,9,11H2,(H,22,23,25). The van der Waals surface area contributed by atoms with E-state index in [-0.39, 0.29) is 17.5 Å². The number of hydrogen-bond donors (Lipinski definition) is 1. The molecule has 0 bridgehead atoms. The first-order valence-corrected chi connectivity index (χ1v) is 8.59. The lowest BCUT2D eigenvalue weighted by Gasteiger charge is -2.24. The van der Waals surface area contributed by atoms with Crippen molar-refractivity contribution in [3.63, 3.8) is 0 Å². The molecule has 0 spiro atoms. The van der Waals surface area contributed by atoms with Crippen LogP contribution in [0.25, 0.3) is 11.4 Å². The van der Waals surface area contributed by atoms with Gasteiger partial charge in [-0.25, -0.2) is 4.98 Å². The predicted molar refractivity (Wildman–Crippen MR) is 97.5 cm³/mol. The summed E-state index contributed by atoms with van der Waals surface area (Å²) in [5, 5.41) is 0. The molecule has 6 nitrogen and oxygen atoms in total. The van der Waals surface area contributed by atoms with E-state index in [1.165, 1.54) is 6.20 Å². The summed E-state index contributed by atoms with van der Waals surface area (Å²) >= 11 is 0. The van der Waals surface area contributed by atoms with Gasteiger partial charge in [0.2, 0.25) is 0 Å². The Balaban J connectivity index is 1.63. The molecule has 0 radical (unpaired) electrons. The number of likely N-dealkylation sites (tertiary alicyclic amines) is 1. The second-order valence-corrected chi connectivity index (χ2v) is 6.28. The maximum atomic E-state index is 13.0. The van der Waals surface area contributed by atoms with Crippen molar-refractivity contribution in [2.45, 2.75) is 18.9 Å². The van der Waals surface area contributed by atoms with Crippen LogP contribution in [-0.2, 0) is 0 Å². The fraction of sp³-hybridized carbons (Fsp3) is 0.200. The van der Waals surface area contributed by atoms with Crippen molar-refractivity contribution < 1.29 is 4.79 Å². The van der Waals surface area contributed by atoms with Gasteiger partial charge in [0.1, 0.15) is 11.4 Å². The fourth-order valence-electron chi connectivity index (χ4n) is 3.38. The van der Waals surface area contributed by atoms with Crippen molar-refractivity contribution in [3.8, 4) is 11.4 Å². The summed E-state index contributed by atoms with van der Waals surface area (Å²) in [6, 6.07) is 13.5. The van der Waals surface area contributed by atoms with Gasteiger partial charge in [-0.2, -0.15) is 0 Å². The van der Waals surface area contributed by atoms with Crippen LogP contribution in [0.5, 0.6) is 0 Å². The molecule has 1 aliphatic heterocycles. The normalized spacial score (nSPS) is 16.6. The first-order chi connectivity index (χ1) is 12.7. The minimum Gasteiger partial charge on any atom is -0.331 e. The third kappa shape index (κ3) is 3.01. The monoisotopic (exact) mass is 346 g/mol. The van der Waals surface area contributed by atoms with Gasteiger partial charge in [-0.1, -0.05) is 30.3 Å². The highest BCUT2D eigenvalue weighted by Gasteiger charge is 2.31. The molecular weight excluding hydrogens is 328 g/mol. The Labute approximate surface area is 150 Å². The molecule has 1 fully saturated rings. The molecule has 1 saturated heterocycles. The van der Waals surface area contributed by atoms with Crippen LogP contribution in [0, 0.1) is 0 Å². The smallest absolute Gasteiger partial charge is 0.264 e. The molecule has 1 aromatic carbocycles. The summed E-state index contributed by atoms with van der Waals surface area (Å²) in [6.45, 7) is 0.641. The summed E-state index contributed by atoms with van der Waals surface area (Å²) in [5.74, 6) is 0.128. The molecule has 1 N–H and O–H groups in total. The molecule has 1 unspecified atom stereocenters. The number of aromatic nitrogens is 3. The topological polar surface area (TPSA) is 79.0 Å². The van der Waals surface area contributed by atoms with Crippen LogP contribution in [-0.4, -0.2) is 32.3 Å². The lowest BCUT2D eigenvalue weighted by atomic mass is 10.0. The van der Waals surface area contributed by atoms with Crippen LogP contribution >= 0.6 is 0 Å². The molecule has 26 heavy (non-hydrogen) atoms. The molecule has 6 heteroatoms. The van der Waals surface area contributed by atoms with Gasteiger partial charge in [0.15, 0.2) is 0 Å². The molecule has 0 aliphatic carbocycles. The van der Waals surface area contributed by atoms with E-state index in [2.05, 4.69) is 15.0 Å². The van der Waals surface area contributed by atoms with Gasteiger partial charge < -0.3 is 9.88 Å². The molecular formula is C20H18N4O2. The average Bonchev–Trinajstić information content (AvgIpc) is 3.19. The quantitative estimate of drug-likeness (QED) is 0.791. The van der Waals surface area contributed by atoms with Gasteiger partial charge in [-0.3, -0.25) is 14.6 Å². The maximum absolute atomic E-state index is 13.0. The Morgan fingerprint density at radius 3 is 2.69 bits per heavy atom. The average molecular weight is 346 g/mol. The van der Waals surface area contributed by atoms with E-state index in [1.54, 1.807) is 29.4 Å². The number of amides is 1. The van der Waals surface area contributed by atoms with Crippen molar-refractivity contribution in [1.82, 2.24) is 19.9 Å². The van der Waals surface area contributed by atoms with Crippen molar-refractivity contribution >= 4 is 5.91 Å². The molecule has 3 heterocycles. The summed E-state index contributed by atoms with van der Waals surface area (Å²) in [5.41, 5.74) is 1.43. The Hall–Kier alpha value is -3.28. The Kier molecular flexibility index (Phi) is 4.31. The minimum atomic E-state index is -0.428. The molecule has 0 saturated carbocycles. The van der Waals surface area contributed by atoms with Gasteiger partial charge >= 0.3 is 0 Å². The Bertz CT molecular complexity index is 970. The SMILES string of the molecule is O=C(c1cnc(-c2cccnc2)[nH]c1=O)N1CCCC1c1ccccc1. The Morgan fingerprint density at radius 1 is 1.12 bits per heavy atom. The van der Waals surface area contributed by atoms with Crippen molar-refractivity contribution in [1.29, 1.82) is 0 Å². The van der Waals surface area contributed by atoms with Gasteiger partial charge in [-0.05, 0) is 30.5 Å². The number of rotatable bonds is 3. The number of H-pyrrole nitrogens is 1. The third-order valence-corrected chi connectivity index (χ3v) is 4.66. The van der Waals surface area contributed by atoms with Crippen LogP contribution in [0.15, 0.2) is 65.8 Å². The van der Waals surface area contributed by atoms with Gasteiger partial charge in [0.05, 0.1) is 6.04 Å². The number of pyridine rings is 1. The van der Waals surface area contributed by atoms with Gasteiger partial charge in [0, 0.05) is 30.7 Å². The second kappa shape index (κ2) is 6.92. The molecule has 1 aliphatic rings. The molecule has 1 atom stereocenters. The zero-order chi connectivity index (χ0) is 17.9. The van der Waals surface area contributed by atoms with Crippen LogP contribution < -0.4 is 5.56 Å². The lowest BCUT2D eigenvalue weighted by Crippen LogP contribution is -2.34. The summed E-state index contributed by atoms with van der Waals surface area (Å²) in [4.78, 5) is 38.2. The first-order valence-electron chi connectivity index (χ1n) is 8.59. The Morgan fingerprint density at radius 2 is 1.96 bits per heavy atom. The number of benzene rings is 1. The van der Waals surface area contributed by atoms with E-state index in [1.807, 2.05) is 30.3 Å². The lowest BCUT2D eigenvalue weighted by molar-refractivity contribution is 0.0733. The predicted octanol–water partition coefficient (Wildman–Crippen LogP) is 2.81. The van der Waals surface area contributed by atoms with Gasteiger partial charge in [0.25, 0.3) is 11.5 Å². The van der Waals surface area contributed by atoms with Crippen LogP contribution in [0.2, 0.25) is 0 Å². The summed E-state index contributed by atoms with van der Waals surface area (Å²) in [7, 11) is 0. The van der Waals surface area contributed by atoms with Gasteiger partial charge in [-0.15, -0.1) is 0 Å². The van der Waals surface area contributed by atoms with Crippen molar-refractivity contribution in [3.05, 3.63) is 82.5 Å². The highest BCUT2D eigenvalue weighted by atomic mass is 16.2. The van der Waals surface area contributed by atoms with E-state index in [0.29, 0.717) is 17.9 Å². The largest absolute Gasteiger partial charge is 0.331 e. The highest BCUT2D eigenvalue weighted by Crippen LogP contribution is 2.32. The maximum Gasteiger partial charge on any atom is 0.264 e. The number of nitrogens with one attached hydrogen (secondary N) is 1. The number of nitrogens with zero attached hydrogens (tertiary/aromatic N) is 3. The number of hydrogen-bond acceptors (Lipinski definition) is 4. The number of aromatic amines is 1. The minimum absolute atomic E-state index is 0.00102. The van der Waals surface area contributed by atoms with E-state index < -0.39 is 5.56 Å². The van der Waals surface area contributed by atoms with E-state index in [9.17, 15) is 9.59 Å². The molecule has 3 aromatic rings. The zero-order valence-corrected chi connectivity index (χ0v) is 14.1.